The number of hydrogen-bond acceptors (Lipinski definition) is 3. The van der Waals surface area contributed by atoms with E-state index < -0.39 is 0 Å². The minimum absolute atomic E-state index is 0.194. The Bertz CT molecular complexity index is 761. The van der Waals surface area contributed by atoms with Crippen molar-refractivity contribution in [3.8, 4) is 0 Å². The van der Waals surface area contributed by atoms with Gasteiger partial charge in [-0.15, -0.1) is 0 Å². The first-order valence-corrected chi connectivity index (χ1v) is 8.43. The summed E-state index contributed by atoms with van der Waals surface area (Å²) in [5, 5.41) is 6.21. The minimum Gasteiger partial charge on any atom is -0.378 e. The average molecular weight is 380 g/mol. The van der Waals surface area contributed by atoms with Crippen LogP contribution >= 0.6 is 23.2 Å². The molecule has 0 aliphatic heterocycles. The van der Waals surface area contributed by atoms with Crippen LogP contribution in [-0.4, -0.2) is 39.0 Å². The molecule has 5 nitrogen and oxygen atoms in total. The highest BCUT2D eigenvalue weighted by Gasteiger charge is 2.11. The van der Waals surface area contributed by atoms with Crippen molar-refractivity contribution in [3.05, 3.63) is 63.6 Å². The van der Waals surface area contributed by atoms with Crippen molar-refractivity contribution < 1.29 is 9.59 Å². The highest BCUT2D eigenvalue weighted by atomic mass is 35.5. The molecule has 0 aliphatic carbocycles. The molecule has 0 aliphatic rings. The van der Waals surface area contributed by atoms with E-state index in [0.29, 0.717) is 27.7 Å². The molecule has 0 radical (unpaired) electrons. The molecule has 0 saturated carbocycles. The number of hydrogen-bond donors (Lipinski definition) is 2. The fourth-order valence-electron chi connectivity index (χ4n) is 2.13. The van der Waals surface area contributed by atoms with E-state index in [4.69, 9.17) is 23.2 Å². The lowest BCUT2D eigenvalue weighted by molar-refractivity contribution is 0.0927. The molecule has 7 heteroatoms. The highest BCUT2D eigenvalue weighted by molar-refractivity contribution is 6.35. The van der Waals surface area contributed by atoms with Gasteiger partial charge in [0.05, 0.1) is 10.6 Å². The van der Waals surface area contributed by atoms with Gasteiger partial charge < -0.3 is 15.5 Å². The summed E-state index contributed by atoms with van der Waals surface area (Å²) in [5.41, 5.74) is 1.89. The zero-order chi connectivity index (χ0) is 18.4. The van der Waals surface area contributed by atoms with Crippen molar-refractivity contribution in [3.63, 3.8) is 0 Å². The van der Waals surface area contributed by atoms with Crippen LogP contribution in [0, 0.1) is 0 Å². The molecule has 2 aromatic carbocycles. The molecule has 25 heavy (non-hydrogen) atoms. The van der Waals surface area contributed by atoms with E-state index >= 15 is 0 Å². The Kier molecular flexibility index (Phi) is 6.67. The van der Waals surface area contributed by atoms with Gasteiger partial charge in [-0.3, -0.25) is 9.59 Å². The number of benzene rings is 2. The molecule has 0 bridgehead atoms. The van der Waals surface area contributed by atoms with Crippen LogP contribution in [0.1, 0.15) is 20.7 Å². The third-order valence-electron chi connectivity index (χ3n) is 3.52. The Morgan fingerprint density at radius 2 is 1.52 bits per heavy atom. The van der Waals surface area contributed by atoms with Crippen molar-refractivity contribution >= 4 is 40.7 Å². The molecule has 0 atom stereocenters. The number of nitrogens with one attached hydrogen (secondary N) is 2. The molecule has 0 heterocycles. The van der Waals surface area contributed by atoms with E-state index in [1.54, 1.807) is 24.3 Å². The Hall–Kier alpha value is -2.24. The fraction of sp³-hybridized carbons (Fsp3) is 0.222. The lowest BCUT2D eigenvalue weighted by Gasteiger charge is -2.12. The molecule has 132 valence electrons. The van der Waals surface area contributed by atoms with E-state index in [9.17, 15) is 9.59 Å². The largest absolute Gasteiger partial charge is 0.378 e. The molecule has 0 unspecified atom stereocenters. The van der Waals surface area contributed by atoms with Crippen LogP contribution < -0.4 is 15.5 Å². The number of anilines is 1. The van der Waals surface area contributed by atoms with Crippen LogP contribution in [0.15, 0.2) is 42.5 Å². The van der Waals surface area contributed by atoms with Crippen molar-refractivity contribution in [2.45, 2.75) is 0 Å². The van der Waals surface area contributed by atoms with E-state index in [2.05, 4.69) is 10.6 Å². The molecule has 0 fully saturated rings. The molecule has 2 aromatic rings. The highest BCUT2D eigenvalue weighted by Crippen LogP contribution is 2.20. The van der Waals surface area contributed by atoms with E-state index in [0.717, 1.165) is 5.69 Å². The Morgan fingerprint density at radius 3 is 2.12 bits per heavy atom. The second-order valence-corrected chi connectivity index (χ2v) is 6.42. The molecule has 0 spiro atoms. The second-order valence-electron chi connectivity index (χ2n) is 5.58. The lowest BCUT2D eigenvalue weighted by Crippen LogP contribution is -2.34. The van der Waals surface area contributed by atoms with E-state index in [-0.39, 0.29) is 18.4 Å². The van der Waals surface area contributed by atoms with Crippen LogP contribution in [-0.2, 0) is 0 Å². The molecule has 0 aromatic heterocycles. The number of amides is 2. The minimum atomic E-state index is -0.336. The van der Waals surface area contributed by atoms with Gasteiger partial charge in [-0.05, 0) is 42.5 Å². The third kappa shape index (κ3) is 5.37. The summed E-state index contributed by atoms with van der Waals surface area (Å²) in [4.78, 5) is 26.1. The summed E-state index contributed by atoms with van der Waals surface area (Å²) in [7, 11) is 3.87. The molecular weight excluding hydrogens is 361 g/mol. The van der Waals surface area contributed by atoms with Crippen LogP contribution in [0.5, 0.6) is 0 Å². The number of halogens is 2. The Balaban J connectivity index is 1.81. The third-order valence-corrected chi connectivity index (χ3v) is 4.08. The van der Waals surface area contributed by atoms with Crippen molar-refractivity contribution in [2.75, 3.05) is 32.1 Å². The van der Waals surface area contributed by atoms with Crippen molar-refractivity contribution in [2.24, 2.45) is 0 Å². The van der Waals surface area contributed by atoms with Gasteiger partial charge in [-0.25, -0.2) is 0 Å². The van der Waals surface area contributed by atoms with Crippen LogP contribution in [0.2, 0.25) is 10.0 Å². The number of rotatable bonds is 6. The van der Waals surface area contributed by atoms with Gasteiger partial charge in [-0.2, -0.15) is 0 Å². The summed E-state index contributed by atoms with van der Waals surface area (Å²) < 4.78 is 0. The first-order chi connectivity index (χ1) is 11.9. The van der Waals surface area contributed by atoms with Crippen molar-refractivity contribution in [1.82, 2.24) is 10.6 Å². The van der Waals surface area contributed by atoms with Crippen LogP contribution in [0.3, 0.4) is 0 Å². The topological polar surface area (TPSA) is 61.4 Å². The number of carbonyl (C=O) groups is 2. The average Bonchev–Trinajstić information content (AvgIpc) is 2.60. The molecule has 0 saturated heterocycles. The van der Waals surface area contributed by atoms with Gasteiger partial charge in [-0.1, -0.05) is 23.2 Å². The zero-order valence-electron chi connectivity index (χ0n) is 14.0. The monoisotopic (exact) mass is 379 g/mol. The summed E-state index contributed by atoms with van der Waals surface area (Å²) in [6.45, 7) is 0.585. The summed E-state index contributed by atoms with van der Waals surface area (Å²) in [5.74, 6) is -0.530. The van der Waals surface area contributed by atoms with Gasteiger partial charge in [0.1, 0.15) is 0 Å². The maximum atomic E-state index is 12.1. The molecule has 2 amide bonds. The summed E-state index contributed by atoms with van der Waals surface area (Å²) >= 11 is 11.8. The zero-order valence-corrected chi connectivity index (χ0v) is 15.5. The molecule has 2 N–H and O–H groups in total. The van der Waals surface area contributed by atoms with E-state index in [1.807, 2.05) is 31.1 Å². The predicted octanol–water partition coefficient (Wildman–Crippen LogP) is 3.22. The number of nitrogens with zero attached hydrogens (tertiary/aromatic N) is 1. The molecule has 2 rings (SSSR count). The maximum absolute atomic E-state index is 12.1. The summed E-state index contributed by atoms with van der Waals surface area (Å²) in [6.07, 6.45) is 0. The summed E-state index contributed by atoms with van der Waals surface area (Å²) in [6, 6.07) is 11.9. The lowest BCUT2D eigenvalue weighted by atomic mass is 10.2. The van der Waals surface area contributed by atoms with Gasteiger partial charge in [0.2, 0.25) is 0 Å². The van der Waals surface area contributed by atoms with Gasteiger partial charge in [0, 0.05) is 43.5 Å². The maximum Gasteiger partial charge on any atom is 0.252 e. The Morgan fingerprint density at radius 1 is 0.920 bits per heavy atom. The van der Waals surface area contributed by atoms with Crippen LogP contribution in [0.4, 0.5) is 5.69 Å². The fourth-order valence-corrected chi connectivity index (χ4v) is 2.51. The number of carbonyl (C=O) groups excluding carboxylic acids is 2. The van der Waals surface area contributed by atoms with Gasteiger partial charge >= 0.3 is 0 Å². The first kappa shape index (κ1) is 19.1. The SMILES string of the molecule is CN(C)c1ccc(C(=O)NCCNC(=O)c2cc(Cl)ccc2Cl)cc1. The predicted molar refractivity (Wildman–Crippen MR) is 102 cm³/mol. The first-order valence-electron chi connectivity index (χ1n) is 7.67. The van der Waals surface area contributed by atoms with Crippen LogP contribution in [0.25, 0.3) is 0 Å². The molecular formula is C18H19Cl2N3O2. The van der Waals surface area contributed by atoms with E-state index in [1.165, 1.54) is 6.07 Å². The normalized spacial score (nSPS) is 10.2. The Labute approximate surface area is 156 Å². The van der Waals surface area contributed by atoms with Gasteiger partial charge in [0.25, 0.3) is 11.8 Å². The van der Waals surface area contributed by atoms with Gasteiger partial charge in [0.15, 0.2) is 0 Å². The van der Waals surface area contributed by atoms with Crippen molar-refractivity contribution in [1.29, 1.82) is 0 Å². The second kappa shape index (κ2) is 8.74. The smallest absolute Gasteiger partial charge is 0.252 e. The standard InChI is InChI=1S/C18H19Cl2N3O2/c1-23(2)14-6-3-12(4-7-14)17(24)21-9-10-22-18(25)15-11-13(19)5-8-16(15)20/h3-8,11H,9-10H2,1-2H3,(H,21,24)(H,22,25). The quantitative estimate of drug-likeness (QED) is 0.757.